The summed E-state index contributed by atoms with van der Waals surface area (Å²) in [4.78, 5) is 54.2. The number of Topliss-reactive ketones (excluding diaryl/α,β-unsaturated/α-hetero) is 1. The Bertz CT molecular complexity index is 1370. The van der Waals surface area contributed by atoms with E-state index in [-0.39, 0.29) is 11.3 Å². The number of amides is 2. The van der Waals surface area contributed by atoms with Gasteiger partial charge in [-0.25, -0.2) is 4.90 Å². The van der Waals surface area contributed by atoms with Crippen LogP contribution in [0.2, 0.25) is 0 Å². The lowest BCUT2D eigenvalue weighted by atomic mass is 9.86. The third kappa shape index (κ3) is 3.36. The van der Waals surface area contributed by atoms with Gasteiger partial charge in [0.25, 0.3) is 5.69 Å². The van der Waals surface area contributed by atoms with Crippen LogP contribution >= 0.6 is 0 Å². The molecule has 3 heterocycles. The lowest BCUT2D eigenvalue weighted by molar-refractivity contribution is -0.384. The predicted molar refractivity (Wildman–Crippen MR) is 122 cm³/mol. The topological polar surface area (TPSA) is 134 Å². The molecule has 0 saturated carbocycles. The van der Waals surface area contributed by atoms with Gasteiger partial charge < -0.3 is 9.64 Å². The number of benzene rings is 2. The van der Waals surface area contributed by atoms with E-state index in [0.29, 0.717) is 17.0 Å². The second-order valence-corrected chi connectivity index (χ2v) is 8.37. The number of nitro groups is 1. The van der Waals surface area contributed by atoms with Gasteiger partial charge in [0.15, 0.2) is 5.78 Å². The molecule has 174 valence electrons. The van der Waals surface area contributed by atoms with E-state index in [1.807, 2.05) is 6.07 Å². The van der Waals surface area contributed by atoms with E-state index in [2.05, 4.69) is 0 Å². The standard InChI is InChI=1S/C25H18N4O6/c1-35-18-7-5-16(6-8-18)28-24(31)20-19-11-14(13-26)9-10-27(19)22(21(20)25(28)32)23(30)15-3-2-4-17(12-15)29(33)34/h2-12,19-22H,1H3/t19-,20+,21+,22-/m0/s1. The molecule has 0 bridgehead atoms. The number of anilines is 1. The average Bonchev–Trinajstić information content (AvgIpc) is 3.35. The lowest BCUT2D eigenvalue weighted by Gasteiger charge is -2.32. The van der Waals surface area contributed by atoms with Crippen molar-refractivity contribution in [1.82, 2.24) is 4.90 Å². The molecule has 0 aliphatic carbocycles. The molecule has 0 aromatic heterocycles. The third-order valence-electron chi connectivity index (χ3n) is 6.62. The third-order valence-corrected chi connectivity index (χ3v) is 6.62. The maximum Gasteiger partial charge on any atom is 0.270 e. The van der Waals surface area contributed by atoms with Crippen molar-refractivity contribution in [2.45, 2.75) is 12.1 Å². The fourth-order valence-electron chi connectivity index (χ4n) is 5.05. The Kier molecular flexibility index (Phi) is 5.17. The van der Waals surface area contributed by atoms with E-state index in [9.17, 15) is 29.8 Å². The van der Waals surface area contributed by atoms with Crippen LogP contribution in [0.15, 0.2) is 72.5 Å². The van der Waals surface area contributed by atoms with Crippen molar-refractivity contribution in [3.8, 4) is 11.8 Å². The van der Waals surface area contributed by atoms with Crippen LogP contribution in [0, 0.1) is 33.3 Å². The van der Waals surface area contributed by atoms with Crippen molar-refractivity contribution in [3.05, 3.63) is 88.1 Å². The molecule has 2 saturated heterocycles. The molecule has 0 spiro atoms. The first-order chi connectivity index (χ1) is 16.8. The van der Waals surface area contributed by atoms with E-state index < -0.39 is 46.4 Å². The zero-order valence-electron chi connectivity index (χ0n) is 18.4. The zero-order chi connectivity index (χ0) is 24.9. The monoisotopic (exact) mass is 470 g/mol. The molecule has 35 heavy (non-hydrogen) atoms. The Morgan fingerprint density at radius 3 is 2.49 bits per heavy atom. The van der Waals surface area contributed by atoms with Crippen molar-refractivity contribution in [2.75, 3.05) is 12.0 Å². The largest absolute Gasteiger partial charge is 0.497 e. The van der Waals surface area contributed by atoms with Crippen LogP contribution in [0.1, 0.15) is 10.4 Å². The minimum atomic E-state index is -1.07. The highest BCUT2D eigenvalue weighted by Crippen LogP contribution is 2.47. The lowest BCUT2D eigenvalue weighted by Crippen LogP contribution is -2.46. The summed E-state index contributed by atoms with van der Waals surface area (Å²) in [5.41, 5.74) is 0.474. The Balaban J connectivity index is 1.59. The number of carbonyl (C=O) groups is 3. The number of hydrogen-bond donors (Lipinski definition) is 0. The van der Waals surface area contributed by atoms with Gasteiger partial charge in [0.1, 0.15) is 11.8 Å². The molecule has 10 heteroatoms. The predicted octanol–water partition coefficient (Wildman–Crippen LogP) is 2.62. The molecule has 10 nitrogen and oxygen atoms in total. The van der Waals surface area contributed by atoms with Gasteiger partial charge >= 0.3 is 0 Å². The number of non-ortho nitro benzene ring substituents is 1. The number of allylic oxidation sites excluding steroid dienone is 2. The van der Waals surface area contributed by atoms with Gasteiger partial charge in [0.2, 0.25) is 11.8 Å². The van der Waals surface area contributed by atoms with Crippen LogP contribution in [0.5, 0.6) is 5.75 Å². The molecular formula is C25H18N4O6. The second kappa shape index (κ2) is 8.22. The summed E-state index contributed by atoms with van der Waals surface area (Å²) >= 11 is 0. The van der Waals surface area contributed by atoms with Crippen LogP contribution < -0.4 is 9.64 Å². The summed E-state index contributed by atoms with van der Waals surface area (Å²) in [6.07, 6.45) is 4.64. The molecule has 2 aromatic carbocycles. The van der Waals surface area contributed by atoms with Gasteiger partial charge in [-0.3, -0.25) is 24.5 Å². The summed E-state index contributed by atoms with van der Waals surface area (Å²) in [7, 11) is 1.50. The van der Waals surface area contributed by atoms with Crippen molar-refractivity contribution >= 4 is 29.0 Å². The Morgan fingerprint density at radius 2 is 1.83 bits per heavy atom. The van der Waals surface area contributed by atoms with E-state index in [4.69, 9.17) is 4.74 Å². The van der Waals surface area contributed by atoms with Gasteiger partial charge in [-0.05, 0) is 36.4 Å². The van der Waals surface area contributed by atoms with Crippen LogP contribution in [-0.4, -0.2) is 46.6 Å². The van der Waals surface area contributed by atoms with Crippen molar-refractivity contribution in [3.63, 3.8) is 0 Å². The first-order valence-corrected chi connectivity index (χ1v) is 10.7. The molecule has 3 aliphatic heterocycles. The average molecular weight is 470 g/mol. The minimum absolute atomic E-state index is 0.0650. The molecule has 4 atom stereocenters. The molecule has 0 unspecified atom stereocenters. The first kappa shape index (κ1) is 22.0. The van der Waals surface area contributed by atoms with Crippen LogP contribution in [0.3, 0.4) is 0 Å². The Morgan fingerprint density at radius 1 is 1.11 bits per heavy atom. The second-order valence-electron chi connectivity index (χ2n) is 8.37. The maximum atomic E-state index is 13.7. The van der Waals surface area contributed by atoms with Gasteiger partial charge in [0.05, 0.1) is 47.2 Å². The van der Waals surface area contributed by atoms with Gasteiger partial charge in [-0.1, -0.05) is 12.1 Å². The van der Waals surface area contributed by atoms with Gasteiger partial charge in [-0.15, -0.1) is 0 Å². The maximum absolute atomic E-state index is 13.7. The normalized spacial score (nSPS) is 24.5. The fourth-order valence-corrected chi connectivity index (χ4v) is 5.05. The number of rotatable bonds is 5. The highest BCUT2D eigenvalue weighted by molar-refractivity contribution is 6.24. The highest BCUT2D eigenvalue weighted by atomic mass is 16.6. The summed E-state index contributed by atoms with van der Waals surface area (Å²) < 4.78 is 5.15. The molecule has 2 fully saturated rings. The number of nitrogens with zero attached hydrogens (tertiary/aromatic N) is 4. The number of carbonyl (C=O) groups excluding carboxylic acids is 3. The molecule has 2 aromatic rings. The smallest absolute Gasteiger partial charge is 0.270 e. The number of fused-ring (bicyclic) bond motifs is 3. The Labute approximate surface area is 199 Å². The van der Waals surface area contributed by atoms with Gasteiger partial charge in [0, 0.05) is 23.9 Å². The number of nitro benzene ring substituents is 1. The van der Waals surface area contributed by atoms with Crippen molar-refractivity contribution in [2.24, 2.45) is 11.8 Å². The van der Waals surface area contributed by atoms with E-state index >= 15 is 0 Å². The van der Waals surface area contributed by atoms with E-state index in [1.165, 1.54) is 31.4 Å². The van der Waals surface area contributed by atoms with Crippen LogP contribution in [0.4, 0.5) is 11.4 Å². The Hall–Kier alpha value is -4.78. The number of hydrogen-bond acceptors (Lipinski definition) is 8. The quantitative estimate of drug-likeness (QED) is 0.282. The number of nitriles is 1. The summed E-state index contributed by atoms with van der Waals surface area (Å²) in [6.45, 7) is 0. The molecule has 2 amide bonds. The SMILES string of the molecule is COc1ccc(N2C(=O)[C@@H]3[C@H](C2=O)[C@@H]2C=C(C#N)C=CN2[C@@H]3C(=O)c2cccc([N+](=O)[O-])c2)cc1. The van der Waals surface area contributed by atoms with Gasteiger partial charge in [-0.2, -0.15) is 5.26 Å². The summed E-state index contributed by atoms with van der Waals surface area (Å²) in [5.74, 6) is -2.90. The van der Waals surface area contributed by atoms with E-state index in [0.717, 1.165) is 11.0 Å². The molecule has 0 N–H and O–H groups in total. The van der Waals surface area contributed by atoms with Crippen LogP contribution in [-0.2, 0) is 9.59 Å². The zero-order valence-corrected chi connectivity index (χ0v) is 18.4. The molecule has 0 radical (unpaired) electrons. The summed E-state index contributed by atoms with van der Waals surface area (Å²) in [5, 5.41) is 20.6. The fraction of sp³-hybridized carbons (Fsp3) is 0.200. The summed E-state index contributed by atoms with van der Waals surface area (Å²) in [6, 6.07) is 12.0. The number of ketones is 1. The first-order valence-electron chi connectivity index (χ1n) is 10.7. The highest BCUT2D eigenvalue weighted by Gasteiger charge is 2.63. The number of methoxy groups -OCH3 is 1. The number of imide groups is 1. The minimum Gasteiger partial charge on any atom is -0.497 e. The van der Waals surface area contributed by atoms with Crippen molar-refractivity contribution in [1.29, 1.82) is 5.26 Å². The van der Waals surface area contributed by atoms with E-state index in [1.54, 1.807) is 41.4 Å². The molecule has 3 aliphatic rings. The van der Waals surface area contributed by atoms with Crippen LogP contribution in [0.25, 0.3) is 0 Å². The molecule has 5 rings (SSSR count). The number of ether oxygens (including phenoxy) is 1. The van der Waals surface area contributed by atoms with Crippen molar-refractivity contribution < 1.29 is 24.0 Å². The molecular weight excluding hydrogens is 452 g/mol.